The Balaban J connectivity index is 2.30. The minimum absolute atomic E-state index is 0.603. The number of anilines is 1. The minimum Gasteiger partial charge on any atom is -0.497 e. The maximum absolute atomic E-state index is 5.51. The van der Waals surface area contributed by atoms with Gasteiger partial charge in [-0.3, -0.25) is 0 Å². The van der Waals surface area contributed by atoms with Gasteiger partial charge in [-0.05, 0) is 12.2 Å². The second kappa shape index (κ2) is 2.98. The number of hydrogen-bond donors (Lipinski definition) is 1. The van der Waals surface area contributed by atoms with Crippen molar-refractivity contribution in [1.29, 1.82) is 0 Å². The fourth-order valence-corrected chi connectivity index (χ4v) is 1.57. The van der Waals surface area contributed by atoms with E-state index < -0.39 is 0 Å². The molecule has 0 amide bonds. The smallest absolute Gasteiger partial charge is 0.180 e. The highest BCUT2D eigenvalue weighted by Crippen LogP contribution is 2.21. The molecule has 0 radical (unpaired) electrons. The maximum Gasteiger partial charge on any atom is 0.180 e. The van der Waals surface area contributed by atoms with E-state index in [9.17, 15) is 0 Å². The molecule has 1 aliphatic rings. The standard InChI is InChI=1S/C8H8N2OS/c9-8-10-7(5-12-8)6-1-3-11-4-2-6/h1-3,5H,4H2,(H2,9,10). The molecule has 0 spiro atoms. The first-order valence-electron chi connectivity index (χ1n) is 3.56. The molecule has 12 heavy (non-hydrogen) atoms. The van der Waals surface area contributed by atoms with Crippen molar-refractivity contribution in [3.05, 3.63) is 29.5 Å². The molecule has 0 saturated heterocycles. The lowest BCUT2D eigenvalue weighted by Gasteiger charge is -2.04. The van der Waals surface area contributed by atoms with E-state index in [0.717, 1.165) is 11.3 Å². The largest absolute Gasteiger partial charge is 0.497 e. The molecule has 1 aliphatic heterocycles. The summed E-state index contributed by atoms with van der Waals surface area (Å²) in [5.41, 5.74) is 7.52. The maximum atomic E-state index is 5.51. The normalized spacial score (nSPS) is 15.5. The molecule has 1 aromatic heterocycles. The lowest BCUT2D eigenvalue weighted by Crippen LogP contribution is -1.92. The number of nitrogens with two attached hydrogens (primary N) is 1. The molecule has 0 bridgehead atoms. The van der Waals surface area contributed by atoms with E-state index in [-0.39, 0.29) is 0 Å². The van der Waals surface area contributed by atoms with Crippen LogP contribution in [0.3, 0.4) is 0 Å². The molecule has 2 N–H and O–H groups in total. The minimum atomic E-state index is 0.603. The van der Waals surface area contributed by atoms with E-state index in [1.165, 1.54) is 11.3 Å². The van der Waals surface area contributed by atoms with Crippen molar-refractivity contribution in [1.82, 2.24) is 4.98 Å². The third kappa shape index (κ3) is 1.33. The number of hydrogen-bond acceptors (Lipinski definition) is 4. The van der Waals surface area contributed by atoms with Crippen molar-refractivity contribution in [2.75, 3.05) is 12.3 Å². The summed E-state index contributed by atoms with van der Waals surface area (Å²) in [5.74, 6) is 0. The predicted octanol–water partition coefficient (Wildman–Crippen LogP) is 1.65. The summed E-state index contributed by atoms with van der Waals surface area (Å²) in [6.07, 6.45) is 5.54. The van der Waals surface area contributed by atoms with E-state index in [1.54, 1.807) is 6.26 Å². The van der Waals surface area contributed by atoms with Gasteiger partial charge in [0.15, 0.2) is 5.13 Å². The molecule has 0 atom stereocenters. The molecular formula is C8H8N2OS. The molecule has 0 fully saturated rings. The van der Waals surface area contributed by atoms with Gasteiger partial charge in [0.25, 0.3) is 0 Å². The molecule has 0 saturated carbocycles. The quantitative estimate of drug-likeness (QED) is 0.714. The Hall–Kier alpha value is -1.29. The zero-order valence-electron chi connectivity index (χ0n) is 6.36. The molecule has 0 aromatic carbocycles. The van der Waals surface area contributed by atoms with Crippen LogP contribution in [-0.4, -0.2) is 11.6 Å². The Kier molecular flexibility index (Phi) is 1.83. The van der Waals surface area contributed by atoms with Crippen LogP contribution in [0, 0.1) is 0 Å². The molecule has 2 heterocycles. The van der Waals surface area contributed by atoms with Crippen LogP contribution in [-0.2, 0) is 4.74 Å². The Morgan fingerprint density at radius 1 is 1.58 bits per heavy atom. The predicted molar refractivity (Wildman–Crippen MR) is 49.6 cm³/mol. The van der Waals surface area contributed by atoms with Crippen LogP contribution in [0.15, 0.2) is 23.8 Å². The topological polar surface area (TPSA) is 48.1 Å². The van der Waals surface area contributed by atoms with Gasteiger partial charge in [0.05, 0.1) is 12.0 Å². The van der Waals surface area contributed by atoms with Crippen LogP contribution in [0.25, 0.3) is 5.57 Å². The number of ether oxygens (including phenoxy) is 1. The van der Waals surface area contributed by atoms with Gasteiger partial charge in [-0.2, -0.15) is 0 Å². The van der Waals surface area contributed by atoms with Crippen LogP contribution in [0.5, 0.6) is 0 Å². The van der Waals surface area contributed by atoms with E-state index in [2.05, 4.69) is 4.98 Å². The highest BCUT2D eigenvalue weighted by molar-refractivity contribution is 7.13. The molecule has 2 rings (SSSR count). The Morgan fingerprint density at radius 2 is 2.50 bits per heavy atom. The van der Waals surface area contributed by atoms with Gasteiger partial charge in [-0.15, -0.1) is 11.3 Å². The summed E-state index contributed by atoms with van der Waals surface area (Å²) in [7, 11) is 0. The van der Waals surface area contributed by atoms with Gasteiger partial charge < -0.3 is 10.5 Å². The van der Waals surface area contributed by atoms with Crippen molar-refractivity contribution in [3.63, 3.8) is 0 Å². The van der Waals surface area contributed by atoms with Crippen molar-refractivity contribution in [2.45, 2.75) is 0 Å². The third-order valence-corrected chi connectivity index (χ3v) is 2.23. The lowest BCUT2D eigenvalue weighted by atomic mass is 10.2. The third-order valence-electron chi connectivity index (χ3n) is 1.56. The number of allylic oxidation sites excluding steroid dienone is 2. The van der Waals surface area contributed by atoms with Gasteiger partial charge in [0.2, 0.25) is 0 Å². The van der Waals surface area contributed by atoms with E-state index in [0.29, 0.717) is 11.7 Å². The zero-order valence-corrected chi connectivity index (χ0v) is 7.17. The van der Waals surface area contributed by atoms with Gasteiger partial charge in [-0.25, -0.2) is 4.98 Å². The fraction of sp³-hybridized carbons (Fsp3) is 0.125. The summed E-state index contributed by atoms with van der Waals surface area (Å²) in [6, 6.07) is 0. The SMILES string of the molecule is Nc1nc(C2=CCOC=C2)cs1. The van der Waals surface area contributed by atoms with Gasteiger partial charge >= 0.3 is 0 Å². The van der Waals surface area contributed by atoms with Crippen molar-refractivity contribution in [2.24, 2.45) is 0 Å². The fourth-order valence-electron chi connectivity index (χ4n) is 0.993. The second-order valence-electron chi connectivity index (χ2n) is 2.37. The summed E-state index contributed by atoms with van der Waals surface area (Å²) in [4.78, 5) is 4.16. The van der Waals surface area contributed by atoms with Crippen LogP contribution in [0.4, 0.5) is 5.13 Å². The zero-order chi connectivity index (χ0) is 8.39. The molecule has 4 heteroatoms. The molecule has 0 unspecified atom stereocenters. The Labute approximate surface area is 74.2 Å². The first kappa shape index (κ1) is 7.36. The average Bonchev–Trinajstić information content (AvgIpc) is 2.54. The van der Waals surface area contributed by atoms with E-state index >= 15 is 0 Å². The second-order valence-corrected chi connectivity index (χ2v) is 3.26. The summed E-state index contributed by atoms with van der Waals surface area (Å²) < 4.78 is 5.02. The molecule has 0 aliphatic carbocycles. The molecular weight excluding hydrogens is 172 g/mol. The number of rotatable bonds is 1. The number of nitrogens with zero attached hydrogens (tertiary/aromatic N) is 1. The monoisotopic (exact) mass is 180 g/mol. The number of aromatic nitrogens is 1. The lowest BCUT2D eigenvalue weighted by molar-refractivity contribution is 0.287. The summed E-state index contributed by atoms with van der Waals surface area (Å²) in [5, 5.41) is 2.54. The van der Waals surface area contributed by atoms with Crippen LogP contribution < -0.4 is 5.73 Å². The summed E-state index contributed by atoms with van der Waals surface area (Å²) in [6.45, 7) is 0.614. The van der Waals surface area contributed by atoms with Crippen LogP contribution in [0.1, 0.15) is 5.69 Å². The van der Waals surface area contributed by atoms with Crippen LogP contribution in [0.2, 0.25) is 0 Å². The molecule has 62 valence electrons. The van der Waals surface area contributed by atoms with E-state index in [1.807, 2.05) is 17.5 Å². The van der Waals surface area contributed by atoms with Gasteiger partial charge in [-0.1, -0.05) is 0 Å². The highest BCUT2D eigenvalue weighted by Gasteiger charge is 2.04. The van der Waals surface area contributed by atoms with E-state index in [4.69, 9.17) is 10.5 Å². The number of nitrogen functional groups attached to an aromatic ring is 1. The summed E-state index contributed by atoms with van der Waals surface area (Å²) >= 11 is 1.45. The highest BCUT2D eigenvalue weighted by atomic mass is 32.1. The molecule has 3 nitrogen and oxygen atoms in total. The molecule has 1 aromatic rings. The Morgan fingerprint density at radius 3 is 3.08 bits per heavy atom. The van der Waals surface area contributed by atoms with Crippen molar-refractivity contribution < 1.29 is 4.74 Å². The van der Waals surface area contributed by atoms with Gasteiger partial charge in [0, 0.05) is 11.0 Å². The number of thiazole rings is 1. The van der Waals surface area contributed by atoms with Crippen molar-refractivity contribution in [3.8, 4) is 0 Å². The Bertz CT molecular complexity index is 341. The first-order chi connectivity index (χ1) is 5.86. The van der Waals surface area contributed by atoms with Gasteiger partial charge in [0.1, 0.15) is 6.61 Å². The van der Waals surface area contributed by atoms with Crippen LogP contribution >= 0.6 is 11.3 Å². The average molecular weight is 180 g/mol. The first-order valence-corrected chi connectivity index (χ1v) is 4.44. The van der Waals surface area contributed by atoms with Crippen molar-refractivity contribution >= 4 is 22.0 Å².